The van der Waals surface area contributed by atoms with Crippen LogP contribution in [0.3, 0.4) is 0 Å². The number of anilines is 1. The number of para-hydroxylation sites is 1. The molecule has 6 heteroatoms. The van der Waals surface area contributed by atoms with E-state index in [1.165, 1.54) is 0 Å². The maximum atomic E-state index is 13.0. The van der Waals surface area contributed by atoms with Crippen molar-refractivity contribution in [3.05, 3.63) is 108 Å². The zero-order chi connectivity index (χ0) is 20.3. The highest BCUT2D eigenvalue weighted by molar-refractivity contribution is 7.99. The number of rotatable bonds is 5. The predicted molar refractivity (Wildman–Crippen MR) is 119 cm³/mol. The van der Waals surface area contributed by atoms with Crippen LogP contribution in [0.5, 0.6) is 11.5 Å². The Bertz CT molecular complexity index is 1180. The van der Waals surface area contributed by atoms with Crippen LogP contribution in [0, 0.1) is 0 Å². The minimum absolute atomic E-state index is 0.118. The fourth-order valence-electron chi connectivity index (χ4n) is 3.54. The molecule has 0 bridgehead atoms. The van der Waals surface area contributed by atoms with E-state index < -0.39 is 0 Å². The van der Waals surface area contributed by atoms with E-state index in [2.05, 4.69) is 20.9 Å². The highest BCUT2D eigenvalue weighted by atomic mass is 32.2. The van der Waals surface area contributed by atoms with Gasteiger partial charge < -0.3 is 14.6 Å². The van der Waals surface area contributed by atoms with Crippen LogP contribution in [0.1, 0.15) is 27.0 Å². The molecule has 4 aromatic rings. The third-order valence-corrected chi connectivity index (χ3v) is 6.20. The average molecular weight is 414 g/mol. The molecule has 0 fully saturated rings. The first-order valence-electron chi connectivity index (χ1n) is 9.63. The third-order valence-electron chi connectivity index (χ3n) is 4.94. The molecule has 0 spiro atoms. The first kappa shape index (κ1) is 18.5. The predicted octanol–water partition coefficient (Wildman–Crippen LogP) is 5.72. The lowest BCUT2D eigenvalue weighted by Gasteiger charge is -2.12. The van der Waals surface area contributed by atoms with Gasteiger partial charge in [-0.2, -0.15) is 0 Å². The van der Waals surface area contributed by atoms with Gasteiger partial charge in [-0.3, -0.25) is 9.78 Å². The summed E-state index contributed by atoms with van der Waals surface area (Å²) in [7, 11) is 0. The van der Waals surface area contributed by atoms with E-state index >= 15 is 0 Å². The lowest BCUT2D eigenvalue weighted by Crippen LogP contribution is -2.13. The van der Waals surface area contributed by atoms with Crippen LogP contribution in [0.15, 0.2) is 91.4 Å². The van der Waals surface area contributed by atoms with E-state index in [1.807, 2.05) is 79.1 Å². The SMILES string of the molecule is O=C(Nc1cccc(Oc2ccccc2)c1)c1ccn2c1CSC2c1cccnc1. The molecule has 2 aromatic heterocycles. The Hall–Kier alpha value is -3.51. The van der Waals surface area contributed by atoms with Crippen LogP contribution in [0.2, 0.25) is 0 Å². The summed E-state index contributed by atoms with van der Waals surface area (Å²) in [5.41, 5.74) is 3.56. The average Bonchev–Trinajstić information content (AvgIpc) is 3.37. The highest BCUT2D eigenvalue weighted by Gasteiger charge is 2.28. The Balaban J connectivity index is 1.33. The fraction of sp³-hybridized carbons (Fsp3) is 0.0833. The molecular weight excluding hydrogens is 394 g/mol. The molecule has 2 aromatic carbocycles. The summed E-state index contributed by atoms with van der Waals surface area (Å²) in [6, 6.07) is 22.9. The number of nitrogens with one attached hydrogen (secondary N) is 1. The van der Waals surface area contributed by atoms with Crippen molar-refractivity contribution in [3.63, 3.8) is 0 Å². The Morgan fingerprint density at radius 1 is 1.03 bits per heavy atom. The van der Waals surface area contributed by atoms with Gasteiger partial charge in [-0.05, 0) is 36.4 Å². The van der Waals surface area contributed by atoms with Gasteiger partial charge in [-0.1, -0.05) is 30.3 Å². The molecule has 1 aliphatic rings. The maximum absolute atomic E-state index is 13.0. The molecule has 0 aliphatic carbocycles. The van der Waals surface area contributed by atoms with Gasteiger partial charge in [0.15, 0.2) is 0 Å². The molecule has 1 aliphatic heterocycles. The van der Waals surface area contributed by atoms with Crippen molar-refractivity contribution < 1.29 is 9.53 Å². The summed E-state index contributed by atoms with van der Waals surface area (Å²) in [5.74, 6) is 2.10. The van der Waals surface area contributed by atoms with E-state index in [1.54, 1.807) is 18.0 Å². The van der Waals surface area contributed by atoms with E-state index in [-0.39, 0.29) is 11.3 Å². The zero-order valence-corrected chi connectivity index (χ0v) is 16.9. The first-order valence-corrected chi connectivity index (χ1v) is 10.7. The molecule has 5 nitrogen and oxygen atoms in total. The molecule has 148 valence electrons. The summed E-state index contributed by atoms with van der Waals surface area (Å²) >= 11 is 1.80. The van der Waals surface area contributed by atoms with Gasteiger partial charge in [0.05, 0.1) is 5.56 Å². The van der Waals surface area contributed by atoms with Gasteiger partial charge >= 0.3 is 0 Å². The number of hydrogen-bond acceptors (Lipinski definition) is 4. The number of carbonyl (C=O) groups excluding carboxylic acids is 1. The fourth-order valence-corrected chi connectivity index (χ4v) is 4.85. The molecule has 1 atom stereocenters. The molecule has 30 heavy (non-hydrogen) atoms. The first-order chi connectivity index (χ1) is 14.8. The van der Waals surface area contributed by atoms with Gasteiger partial charge in [0.1, 0.15) is 16.9 Å². The van der Waals surface area contributed by atoms with E-state index in [4.69, 9.17) is 4.74 Å². The van der Waals surface area contributed by atoms with Crippen molar-refractivity contribution in [3.8, 4) is 11.5 Å². The number of benzene rings is 2. The van der Waals surface area contributed by atoms with Crippen LogP contribution in [-0.2, 0) is 5.75 Å². The second-order valence-electron chi connectivity index (χ2n) is 6.93. The van der Waals surface area contributed by atoms with Crippen molar-refractivity contribution in [1.82, 2.24) is 9.55 Å². The number of hydrogen-bond donors (Lipinski definition) is 1. The summed E-state index contributed by atoms with van der Waals surface area (Å²) < 4.78 is 8.02. The van der Waals surface area contributed by atoms with Crippen molar-refractivity contribution in [2.24, 2.45) is 0 Å². The Morgan fingerprint density at radius 3 is 2.73 bits per heavy atom. The lowest BCUT2D eigenvalue weighted by molar-refractivity contribution is 0.102. The summed E-state index contributed by atoms with van der Waals surface area (Å²) in [6.45, 7) is 0. The number of pyridine rings is 1. The molecule has 1 amide bonds. The second-order valence-corrected chi connectivity index (χ2v) is 8.00. The number of nitrogens with zero attached hydrogens (tertiary/aromatic N) is 2. The van der Waals surface area contributed by atoms with Gasteiger partial charge in [-0.25, -0.2) is 0 Å². The molecule has 0 radical (unpaired) electrons. The quantitative estimate of drug-likeness (QED) is 0.455. The number of thioether (sulfide) groups is 1. The monoisotopic (exact) mass is 413 g/mol. The number of fused-ring (bicyclic) bond motifs is 1. The molecule has 5 rings (SSSR count). The minimum Gasteiger partial charge on any atom is -0.457 e. The molecule has 1 unspecified atom stereocenters. The van der Waals surface area contributed by atoms with Gasteiger partial charge in [0.25, 0.3) is 5.91 Å². The number of aromatic nitrogens is 2. The van der Waals surface area contributed by atoms with Crippen molar-refractivity contribution in [2.45, 2.75) is 11.1 Å². The summed E-state index contributed by atoms with van der Waals surface area (Å²) in [6.07, 6.45) is 5.63. The molecule has 3 heterocycles. The molecule has 0 saturated carbocycles. The number of amides is 1. The van der Waals surface area contributed by atoms with Crippen molar-refractivity contribution in [2.75, 3.05) is 5.32 Å². The number of ether oxygens (including phenoxy) is 1. The van der Waals surface area contributed by atoms with Gasteiger partial charge in [0, 0.05) is 47.4 Å². The summed E-state index contributed by atoms with van der Waals surface area (Å²) in [4.78, 5) is 17.2. The van der Waals surface area contributed by atoms with Crippen LogP contribution < -0.4 is 10.1 Å². The molecule has 1 N–H and O–H groups in total. The Morgan fingerprint density at radius 2 is 1.90 bits per heavy atom. The standard InChI is InChI=1S/C24H19N3O2S/c28-23(26-18-7-4-10-20(14-18)29-19-8-2-1-3-9-19)21-11-13-27-22(21)16-30-24(27)17-6-5-12-25-15-17/h1-15,24H,16H2,(H,26,28). The van der Waals surface area contributed by atoms with Gasteiger partial charge in [0.2, 0.25) is 0 Å². The Kier molecular flexibility index (Phi) is 4.99. The third kappa shape index (κ3) is 3.69. The second kappa shape index (κ2) is 8.08. The van der Waals surface area contributed by atoms with E-state index in [0.29, 0.717) is 17.0 Å². The zero-order valence-electron chi connectivity index (χ0n) is 16.1. The van der Waals surface area contributed by atoms with Crippen molar-refractivity contribution >= 4 is 23.4 Å². The largest absolute Gasteiger partial charge is 0.457 e. The van der Waals surface area contributed by atoms with Crippen LogP contribution in [0.4, 0.5) is 5.69 Å². The highest BCUT2D eigenvalue weighted by Crippen LogP contribution is 2.42. The normalized spacial score (nSPS) is 14.9. The minimum atomic E-state index is -0.118. The van der Waals surface area contributed by atoms with E-state index in [9.17, 15) is 4.79 Å². The molecular formula is C24H19N3O2S. The maximum Gasteiger partial charge on any atom is 0.257 e. The smallest absolute Gasteiger partial charge is 0.257 e. The lowest BCUT2D eigenvalue weighted by atomic mass is 10.2. The van der Waals surface area contributed by atoms with Gasteiger partial charge in [-0.15, -0.1) is 11.8 Å². The van der Waals surface area contributed by atoms with Crippen LogP contribution >= 0.6 is 11.8 Å². The van der Waals surface area contributed by atoms with Crippen molar-refractivity contribution in [1.29, 1.82) is 0 Å². The van der Waals surface area contributed by atoms with E-state index in [0.717, 1.165) is 22.8 Å². The van der Waals surface area contributed by atoms with Crippen LogP contribution in [0.25, 0.3) is 0 Å². The molecule has 0 saturated heterocycles. The number of carbonyl (C=O) groups is 1. The van der Waals surface area contributed by atoms with Crippen LogP contribution in [-0.4, -0.2) is 15.5 Å². The Labute approximate surface area is 178 Å². The summed E-state index contributed by atoms with van der Waals surface area (Å²) in [5, 5.41) is 3.15. The topological polar surface area (TPSA) is 56.1 Å².